The minimum absolute atomic E-state index is 0.295. The van der Waals surface area contributed by atoms with Gasteiger partial charge in [0.25, 0.3) is 0 Å². The molecule has 1 N–H and O–H groups in total. The summed E-state index contributed by atoms with van der Waals surface area (Å²) in [5.41, 5.74) is 1.67. The molecule has 1 atom stereocenters. The highest BCUT2D eigenvalue weighted by atomic mass is 19.2. The first-order chi connectivity index (χ1) is 9.72. The summed E-state index contributed by atoms with van der Waals surface area (Å²) in [6, 6.07) is 14.5. The molecular weight excluding hydrogens is 256 g/mol. The van der Waals surface area contributed by atoms with Gasteiger partial charge in [-0.3, -0.25) is 0 Å². The molecule has 0 heterocycles. The van der Waals surface area contributed by atoms with Gasteiger partial charge in [0.1, 0.15) is 0 Å². The van der Waals surface area contributed by atoms with E-state index in [4.69, 9.17) is 0 Å². The van der Waals surface area contributed by atoms with E-state index >= 15 is 0 Å². The van der Waals surface area contributed by atoms with Crippen molar-refractivity contribution < 1.29 is 8.78 Å². The van der Waals surface area contributed by atoms with E-state index in [1.165, 1.54) is 5.56 Å². The number of halogens is 2. The third-order valence-corrected chi connectivity index (χ3v) is 3.52. The van der Waals surface area contributed by atoms with Crippen molar-refractivity contribution in [1.29, 1.82) is 0 Å². The second-order valence-electron chi connectivity index (χ2n) is 4.92. The lowest BCUT2D eigenvalue weighted by Crippen LogP contribution is -2.18. The van der Waals surface area contributed by atoms with Crippen LogP contribution in [0, 0.1) is 11.6 Å². The van der Waals surface area contributed by atoms with E-state index in [-0.39, 0.29) is 0 Å². The van der Waals surface area contributed by atoms with Crippen LogP contribution in [0.5, 0.6) is 0 Å². The number of aryl methyl sites for hydroxylation is 1. The first-order valence-electron chi connectivity index (χ1n) is 6.84. The summed E-state index contributed by atoms with van der Waals surface area (Å²) in [5, 5.41) is 3.16. The Morgan fingerprint density at radius 1 is 1.00 bits per heavy atom. The van der Waals surface area contributed by atoms with Crippen LogP contribution in [0.3, 0.4) is 0 Å². The highest BCUT2D eigenvalue weighted by Crippen LogP contribution is 2.22. The predicted molar refractivity (Wildman–Crippen MR) is 77.8 cm³/mol. The van der Waals surface area contributed by atoms with Crippen LogP contribution in [-0.4, -0.2) is 13.6 Å². The van der Waals surface area contributed by atoms with Crippen molar-refractivity contribution >= 4 is 0 Å². The Hall–Kier alpha value is -1.74. The molecule has 20 heavy (non-hydrogen) atoms. The molecule has 0 amide bonds. The smallest absolute Gasteiger partial charge is 0.162 e. The van der Waals surface area contributed by atoms with Crippen LogP contribution < -0.4 is 5.32 Å². The summed E-state index contributed by atoms with van der Waals surface area (Å²) in [6.07, 6.45) is 1.32. The average molecular weight is 275 g/mol. The van der Waals surface area contributed by atoms with Gasteiger partial charge in [0.15, 0.2) is 11.6 Å². The zero-order valence-electron chi connectivity index (χ0n) is 11.6. The highest BCUT2D eigenvalue weighted by Gasteiger charge is 2.13. The van der Waals surface area contributed by atoms with Crippen molar-refractivity contribution in [3.63, 3.8) is 0 Å². The van der Waals surface area contributed by atoms with Gasteiger partial charge in [-0.2, -0.15) is 0 Å². The lowest BCUT2D eigenvalue weighted by molar-refractivity contribution is 0.492. The lowest BCUT2D eigenvalue weighted by atomic mass is 9.92. The minimum atomic E-state index is -0.771. The Labute approximate surface area is 118 Å². The zero-order valence-corrected chi connectivity index (χ0v) is 11.6. The van der Waals surface area contributed by atoms with Crippen molar-refractivity contribution in [2.75, 3.05) is 13.6 Å². The van der Waals surface area contributed by atoms with Gasteiger partial charge in [0.05, 0.1) is 0 Å². The standard InChI is InChI=1S/C17H19F2N/c1-20-12-15(13-6-3-2-4-7-13)11-10-14-8-5-9-16(18)17(14)19/h2-9,15,20H,10-12H2,1H3. The van der Waals surface area contributed by atoms with Crippen LogP contribution in [0.1, 0.15) is 23.5 Å². The molecule has 0 bridgehead atoms. The molecule has 0 spiro atoms. The van der Waals surface area contributed by atoms with Gasteiger partial charge in [-0.1, -0.05) is 42.5 Å². The Balaban J connectivity index is 2.08. The molecule has 2 aromatic carbocycles. The second-order valence-corrected chi connectivity index (χ2v) is 4.92. The van der Waals surface area contributed by atoms with E-state index in [0.29, 0.717) is 17.9 Å². The van der Waals surface area contributed by atoms with Crippen molar-refractivity contribution in [3.8, 4) is 0 Å². The third kappa shape index (κ3) is 3.64. The van der Waals surface area contributed by atoms with Crippen molar-refractivity contribution in [3.05, 3.63) is 71.3 Å². The van der Waals surface area contributed by atoms with E-state index < -0.39 is 11.6 Å². The lowest BCUT2D eigenvalue weighted by Gasteiger charge is -2.17. The number of nitrogens with one attached hydrogen (secondary N) is 1. The predicted octanol–water partition coefficient (Wildman–Crippen LogP) is 3.90. The molecule has 2 aromatic rings. The molecule has 0 aromatic heterocycles. The SMILES string of the molecule is CNCC(CCc1cccc(F)c1F)c1ccccc1. The molecule has 1 unspecified atom stereocenters. The van der Waals surface area contributed by atoms with E-state index in [2.05, 4.69) is 17.4 Å². The summed E-state index contributed by atoms with van der Waals surface area (Å²) >= 11 is 0. The quantitative estimate of drug-likeness (QED) is 0.843. The van der Waals surface area contributed by atoms with E-state index in [1.807, 2.05) is 25.2 Å². The largest absolute Gasteiger partial charge is 0.319 e. The molecule has 2 rings (SSSR count). The topological polar surface area (TPSA) is 12.0 Å². The first-order valence-corrected chi connectivity index (χ1v) is 6.84. The molecule has 0 saturated heterocycles. The van der Waals surface area contributed by atoms with Gasteiger partial charge in [-0.25, -0.2) is 8.78 Å². The van der Waals surface area contributed by atoms with E-state index in [0.717, 1.165) is 19.0 Å². The molecular formula is C17H19F2N. The maximum atomic E-state index is 13.6. The van der Waals surface area contributed by atoms with Crippen molar-refractivity contribution in [1.82, 2.24) is 5.32 Å². The summed E-state index contributed by atoms with van der Waals surface area (Å²) in [6.45, 7) is 0.820. The molecule has 0 aliphatic rings. The number of rotatable bonds is 6. The van der Waals surface area contributed by atoms with Crippen LogP contribution in [-0.2, 0) is 6.42 Å². The maximum Gasteiger partial charge on any atom is 0.162 e. The Morgan fingerprint density at radius 3 is 2.45 bits per heavy atom. The van der Waals surface area contributed by atoms with Crippen LogP contribution in [0.15, 0.2) is 48.5 Å². The molecule has 0 fully saturated rings. The Bertz CT molecular complexity index is 540. The van der Waals surface area contributed by atoms with Crippen molar-refractivity contribution in [2.24, 2.45) is 0 Å². The molecule has 0 radical (unpaired) electrons. The summed E-state index contributed by atoms with van der Waals surface area (Å²) in [5.74, 6) is -1.19. The second kappa shape index (κ2) is 7.15. The van der Waals surface area contributed by atoms with Gasteiger partial charge < -0.3 is 5.32 Å². The van der Waals surface area contributed by atoms with Crippen LogP contribution in [0.25, 0.3) is 0 Å². The molecule has 0 saturated carbocycles. The fourth-order valence-corrected chi connectivity index (χ4v) is 2.43. The van der Waals surface area contributed by atoms with Crippen molar-refractivity contribution in [2.45, 2.75) is 18.8 Å². The monoisotopic (exact) mass is 275 g/mol. The van der Waals surface area contributed by atoms with E-state index in [1.54, 1.807) is 12.1 Å². The Kier molecular flexibility index (Phi) is 5.24. The van der Waals surface area contributed by atoms with E-state index in [9.17, 15) is 8.78 Å². The van der Waals surface area contributed by atoms with Gasteiger partial charge >= 0.3 is 0 Å². The summed E-state index contributed by atoms with van der Waals surface area (Å²) < 4.78 is 26.8. The molecule has 106 valence electrons. The fourth-order valence-electron chi connectivity index (χ4n) is 2.43. The third-order valence-electron chi connectivity index (χ3n) is 3.52. The van der Waals surface area contributed by atoms with Crippen LogP contribution in [0.4, 0.5) is 8.78 Å². The first kappa shape index (κ1) is 14.7. The summed E-state index contributed by atoms with van der Waals surface area (Å²) in [4.78, 5) is 0. The zero-order chi connectivity index (χ0) is 14.4. The van der Waals surface area contributed by atoms with Crippen LogP contribution in [0.2, 0.25) is 0 Å². The van der Waals surface area contributed by atoms with Gasteiger partial charge in [0.2, 0.25) is 0 Å². The number of hydrogen-bond donors (Lipinski definition) is 1. The number of likely N-dealkylation sites (N-methyl/N-ethyl adjacent to an activating group) is 1. The van der Waals surface area contributed by atoms with Crippen LogP contribution >= 0.6 is 0 Å². The normalized spacial score (nSPS) is 12.3. The van der Waals surface area contributed by atoms with Gasteiger partial charge in [-0.05, 0) is 43.0 Å². The van der Waals surface area contributed by atoms with Gasteiger partial charge in [-0.15, -0.1) is 0 Å². The average Bonchev–Trinajstić information content (AvgIpc) is 2.48. The molecule has 3 heteroatoms. The molecule has 1 nitrogen and oxygen atoms in total. The minimum Gasteiger partial charge on any atom is -0.319 e. The van der Waals surface area contributed by atoms with Gasteiger partial charge in [0, 0.05) is 6.54 Å². The Morgan fingerprint density at radius 2 is 1.75 bits per heavy atom. The maximum absolute atomic E-state index is 13.6. The number of benzene rings is 2. The highest BCUT2D eigenvalue weighted by molar-refractivity contribution is 5.22. The fraction of sp³-hybridized carbons (Fsp3) is 0.294. The summed E-state index contributed by atoms with van der Waals surface area (Å²) in [7, 11) is 1.90. The number of hydrogen-bond acceptors (Lipinski definition) is 1. The molecule has 0 aliphatic carbocycles. The molecule has 0 aliphatic heterocycles.